The fourth-order valence-electron chi connectivity index (χ4n) is 4.74. The highest BCUT2D eigenvalue weighted by Crippen LogP contribution is 2.27. The number of benzene rings is 3. The van der Waals surface area contributed by atoms with E-state index in [-0.39, 0.29) is 5.91 Å². The molecule has 0 aliphatic carbocycles. The highest BCUT2D eigenvalue weighted by Gasteiger charge is 2.25. The van der Waals surface area contributed by atoms with Crippen LogP contribution < -0.4 is 9.04 Å². The Balaban J connectivity index is 1.20. The normalized spacial score (nSPS) is 14.9. The Hall–Kier alpha value is -3.59. The number of nitrogens with zero attached hydrogens (tertiary/aromatic N) is 4. The molecular formula is C30H32N4O3S. The number of para-hydroxylation sites is 2. The summed E-state index contributed by atoms with van der Waals surface area (Å²) in [7, 11) is 1.79. The summed E-state index contributed by atoms with van der Waals surface area (Å²) in [6.45, 7) is 6.42. The molecule has 0 radical (unpaired) electrons. The number of rotatable bonds is 8. The molecule has 5 rings (SSSR count). The molecule has 7 nitrogen and oxygen atoms in total. The predicted molar refractivity (Wildman–Crippen MR) is 152 cm³/mol. The first-order chi connectivity index (χ1) is 18.5. The number of pyridine rings is 1. The number of fused-ring (bicyclic) bond motifs is 1. The van der Waals surface area contributed by atoms with Crippen molar-refractivity contribution in [2.45, 2.75) is 18.4 Å². The summed E-state index contributed by atoms with van der Waals surface area (Å²) in [4.78, 5) is 22.5. The number of aromatic nitrogens is 1. The fourth-order valence-corrected chi connectivity index (χ4v) is 5.88. The zero-order valence-electron chi connectivity index (χ0n) is 21.7. The molecule has 0 spiro atoms. The maximum atomic E-state index is 13.4. The third-order valence-electron chi connectivity index (χ3n) is 6.84. The molecule has 0 bridgehead atoms. The zero-order valence-corrected chi connectivity index (χ0v) is 22.6. The molecule has 1 aromatic heterocycles. The van der Waals surface area contributed by atoms with E-state index in [2.05, 4.69) is 16.0 Å². The Morgan fingerprint density at radius 1 is 0.974 bits per heavy atom. The molecule has 1 fully saturated rings. The van der Waals surface area contributed by atoms with Gasteiger partial charge in [-0.3, -0.25) is 14.7 Å². The van der Waals surface area contributed by atoms with Crippen molar-refractivity contribution in [1.29, 1.82) is 0 Å². The van der Waals surface area contributed by atoms with E-state index in [9.17, 15) is 9.35 Å². The predicted octanol–water partition coefficient (Wildman–Crippen LogP) is 4.75. The number of carbonyl (C=O) groups excluding carboxylic acids is 1. The van der Waals surface area contributed by atoms with Gasteiger partial charge in [-0.15, -0.1) is 0 Å². The second-order valence-corrected chi connectivity index (χ2v) is 10.7. The number of piperazine rings is 1. The summed E-state index contributed by atoms with van der Waals surface area (Å²) < 4.78 is 20.8. The Labute approximate surface area is 227 Å². The second kappa shape index (κ2) is 11.9. The lowest BCUT2D eigenvalue weighted by molar-refractivity contribution is 0.0627. The van der Waals surface area contributed by atoms with Crippen LogP contribution >= 0.6 is 0 Å². The van der Waals surface area contributed by atoms with Crippen molar-refractivity contribution in [1.82, 2.24) is 14.8 Å². The summed E-state index contributed by atoms with van der Waals surface area (Å²) in [6.07, 6.45) is 1.71. The van der Waals surface area contributed by atoms with Crippen molar-refractivity contribution in [3.05, 3.63) is 96.2 Å². The molecule has 1 aliphatic rings. The van der Waals surface area contributed by atoms with E-state index >= 15 is 0 Å². The molecule has 0 saturated carbocycles. The number of amides is 1. The van der Waals surface area contributed by atoms with Crippen molar-refractivity contribution in [2.24, 2.45) is 0 Å². The average Bonchev–Trinajstić information content (AvgIpc) is 2.97. The summed E-state index contributed by atoms with van der Waals surface area (Å²) in [5.74, 6) is 0.948. The van der Waals surface area contributed by atoms with Gasteiger partial charge in [-0.2, -0.15) is 4.31 Å². The third-order valence-corrected chi connectivity index (χ3v) is 8.25. The molecule has 4 aromatic rings. The minimum atomic E-state index is -1.44. The van der Waals surface area contributed by atoms with Gasteiger partial charge in [-0.25, -0.2) is 0 Å². The molecule has 1 unspecified atom stereocenters. The molecule has 0 N–H and O–H groups in total. The van der Waals surface area contributed by atoms with Gasteiger partial charge in [-0.1, -0.05) is 36.4 Å². The van der Waals surface area contributed by atoms with Gasteiger partial charge in [-0.05, 0) is 49.4 Å². The van der Waals surface area contributed by atoms with Crippen LogP contribution in [0.15, 0.2) is 90.0 Å². The first-order valence-electron chi connectivity index (χ1n) is 12.9. The van der Waals surface area contributed by atoms with Gasteiger partial charge in [0.25, 0.3) is 5.91 Å². The number of hydrogen-bond donors (Lipinski definition) is 0. The van der Waals surface area contributed by atoms with Gasteiger partial charge in [0.1, 0.15) is 22.6 Å². The van der Waals surface area contributed by atoms with Gasteiger partial charge in [0.2, 0.25) is 4.90 Å². The van der Waals surface area contributed by atoms with E-state index in [0.29, 0.717) is 30.2 Å². The topological polar surface area (TPSA) is 72.0 Å². The molecule has 38 heavy (non-hydrogen) atoms. The van der Waals surface area contributed by atoms with Crippen molar-refractivity contribution in [2.75, 3.05) is 44.1 Å². The minimum absolute atomic E-state index is 0.0212. The van der Waals surface area contributed by atoms with Crippen LogP contribution in [-0.4, -0.2) is 65.1 Å². The van der Waals surface area contributed by atoms with E-state index in [1.807, 2.05) is 84.6 Å². The Bertz CT molecular complexity index is 1380. The highest BCUT2D eigenvalue weighted by molar-refractivity contribution is 7.93. The monoisotopic (exact) mass is 528 g/mol. The summed E-state index contributed by atoms with van der Waals surface area (Å²) >= 11 is -1.44. The van der Waals surface area contributed by atoms with Crippen molar-refractivity contribution >= 4 is 33.9 Å². The van der Waals surface area contributed by atoms with Crippen molar-refractivity contribution in [3.8, 4) is 5.75 Å². The van der Waals surface area contributed by atoms with Gasteiger partial charge < -0.3 is 14.2 Å². The third kappa shape index (κ3) is 5.62. The van der Waals surface area contributed by atoms with E-state index < -0.39 is 11.4 Å². The minimum Gasteiger partial charge on any atom is -0.588 e. The van der Waals surface area contributed by atoms with Crippen LogP contribution in [0.4, 0.5) is 5.69 Å². The first kappa shape index (κ1) is 26.0. The largest absolute Gasteiger partial charge is 0.588 e. The van der Waals surface area contributed by atoms with Crippen LogP contribution in [0.5, 0.6) is 5.75 Å². The van der Waals surface area contributed by atoms with E-state index in [0.717, 1.165) is 42.0 Å². The van der Waals surface area contributed by atoms with Crippen LogP contribution in [-0.2, 0) is 17.9 Å². The van der Waals surface area contributed by atoms with Gasteiger partial charge >= 0.3 is 0 Å². The summed E-state index contributed by atoms with van der Waals surface area (Å²) in [6, 6.07) is 25.0. The molecule has 1 atom stereocenters. The number of ether oxygens (including phenoxy) is 1. The molecule has 1 saturated heterocycles. The number of hydrogen-bond acceptors (Lipinski definition) is 6. The smallest absolute Gasteiger partial charge is 0.253 e. The average molecular weight is 529 g/mol. The van der Waals surface area contributed by atoms with Crippen LogP contribution in [0.25, 0.3) is 10.9 Å². The Morgan fingerprint density at radius 3 is 2.47 bits per heavy atom. The Kier molecular flexibility index (Phi) is 8.12. The molecule has 1 amide bonds. The lowest BCUT2D eigenvalue weighted by Crippen LogP contribution is -2.48. The Morgan fingerprint density at radius 2 is 1.71 bits per heavy atom. The molecule has 8 heteroatoms. The van der Waals surface area contributed by atoms with E-state index in [1.165, 1.54) is 5.56 Å². The van der Waals surface area contributed by atoms with Crippen LogP contribution in [0.1, 0.15) is 22.8 Å². The number of carbonyl (C=O) groups is 1. The second-order valence-electron chi connectivity index (χ2n) is 9.23. The quantitative estimate of drug-likeness (QED) is 0.308. The zero-order chi connectivity index (χ0) is 26.5. The lowest BCUT2D eigenvalue weighted by Gasteiger charge is -2.35. The van der Waals surface area contributed by atoms with E-state index in [1.54, 1.807) is 17.5 Å². The van der Waals surface area contributed by atoms with Crippen molar-refractivity contribution < 1.29 is 14.1 Å². The molecular weight excluding hydrogens is 496 g/mol. The van der Waals surface area contributed by atoms with Crippen LogP contribution in [0.3, 0.4) is 0 Å². The first-order valence-corrected chi connectivity index (χ1v) is 14.0. The maximum absolute atomic E-state index is 13.4. The molecule has 3 aromatic carbocycles. The van der Waals surface area contributed by atoms with Gasteiger partial charge in [0, 0.05) is 55.4 Å². The lowest BCUT2D eigenvalue weighted by atomic mass is 10.1. The fraction of sp³-hybridized carbons (Fsp3) is 0.267. The van der Waals surface area contributed by atoms with Gasteiger partial charge in [0.15, 0.2) is 0 Å². The molecule has 1 aliphatic heterocycles. The van der Waals surface area contributed by atoms with Crippen LogP contribution in [0, 0.1) is 0 Å². The van der Waals surface area contributed by atoms with Crippen molar-refractivity contribution in [3.63, 3.8) is 0 Å². The highest BCUT2D eigenvalue weighted by atomic mass is 32.2. The SMILES string of the molecule is CCOc1ccccc1CN1CCN(C(=O)c2ccc(N(C)[S+]([O-])c3cccc4cccnc34)cc2)CC1. The maximum Gasteiger partial charge on any atom is 0.253 e. The number of anilines is 1. The standard InChI is InChI=1S/C30H32N4O3S/c1-3-37-27-11-5-4-8-25(27)22-33-18-20-34(21-19-33)30(35)24-13-15-26(16-14-24)32(2)38(36)28-12-6-9-23-10-7-17-31-29(23)28/h4-17H,3,18-22H2,1-2H3. The van der Waals surface area contributed by atoms with E-state index in [4.69, 9.17) is 4.74 Å². The molecule has 196 valence electrons. The van der Waals surface area contributed by atoms with Crippen LogP contribution in [0.2, 0.25) is 0 Å². The van der Waals surface area contributed by atoms with Gasteiger partial charge in [0.05, 0.1) is 19.3 Å². The summed E-state index contributed by atoms with van der Waals surface area (Å²) in [5, 5.41) is 0.950. The molecule has 2 heterocycles. The summed E-state index contributed by atoms with van der Waals surface area (Å²) in [5.41, 5.74) is 3.30.